The second-order valence-electron chi connectivity index (χ2n) is 7.86. The molecule has 3 aromatic heterocycles. The summed E-state index contributed by atoms with van der Waals surface area (Å²) in [6, 6.07) is 15.0. The van der Waals surface area contributed by atoms with Gasteiger partial charge in [0.2, 0.25) is 10.0 Å². The van der Waals surface area contributed by atoms with Gasteiger partial charge in [0.05, 0.1) is 34.9 Å². The van der Waals surface area contributed by atoms with Gasteiger partial charge in [0.25, 0.3) is 5.91 Å². The van der Waals surface area contributed by atoms with Crippen LogP contribution in [0.15, 0.2) is 65.4 Å². The van der Waals surface area contributed by atoms with Crippen LogP contribution in [0.2, 0.25) is 0 Å². The zero-order chi connectivity index (χ0) is 22.8. The summed E-state index contributed by atoms with van der Waals surface area (Å²) in [5.41, 5.74) is 2.53. The summed E-state index contributed by atoms with van der Waals surface area (Å²) in [5, 5.41) is 7.92. The number of hydrogen-bond acceptors (Lipinski definition) is 6. The zero-order valence-corrected chi connectivity index (χ0v) is 18.7. The molecule has 1 N–H and O–H groups in total. The molecule has 0 atom stereocenters. The van der Waals surface area contributed by atoms with E-state index in [9.17, 15) is 13.2 Å². The zero-order valence-electron chi connectivity index (χ0n) is 17.8. The van der Waals surface area contributed by atoms with Gasteiger partial charge in [-0.05, 0) is 24.6 Å². The number of fused-ring (bicyclic) bond motifs is 1. The summed E-state index contributed by atoms with van der Waals surface area (Å²) < 4.78 is 32.6. The molecule has 0 saturated carbocycles. The molecular weight excluding hydrogens is 442 g/mol. The number of carbonyl (C=O) groups excluding carboxylic acids is 1. The normalized spacial score (nSPS) is 15.8. The summed E-state index contributed by atoms with van der Waals surface area (Å²) >= 11 is 0. The number of hydrogen-bond donors (Lipinski definition) is 1. The fourth-order valence-electron chi connectivity index (χ4n) is 3.99. The van der Waals surface area contributed by atoms with Crippen molar-refractivity contribution in [3.8, 4) is 11.3 Å². The summed E-state index contributed by atoms with van der Waals surface area (Å²) in [4.78, 5) is 17.9. The molecule has 170 valence electrons. The summed E-state index contributed by atoms with van der Waals surface area (Å²) in [7, 11) is -3.20. The Labute approximate surface area is 191 Å². The Bertz CT molecular complexity index is 1380. The highest BCUT2D eigenvalue weighted by molar-refractivity contribution is 7.89. The molecule has 5 rings (SSSR count). The van der Waals surface area contributed by atoms with Crippen molar-refractivity contribution in [3.05, 3.63) is 72.3 Å². The monoisotopic (exact) mass is 465 g/mol. The standard InChI is InChI=1S/C23H23N5O4S/c29-23(24-9-11-27-10-5-13-33(27,30)31)19-14-21(17-6-2-1-3-7-17)26-22-20(19)15-25-28(22)16-18-8-4-12-32-18/h1-4,6-8,12,14-15H,5,9-11,13,16H2,(H,24,29). The Morgan fingerprint density at radius 2 is 2.00 bits per heavy atom. The molecule has 4 aromatic rings. The Morgan fingerprint density at radius 3 is 2.73 bits per heavy atom. The van der Waals surface area contributed by atoms with E-state index in [1.807, 2.05) is 42.5 Å². The number of rotatable bonds is 7. The third kappa shape index (κ3) is 4.39. The molecule has 0 unspecified atom stereocenters. The van der Waals surface area contributed by atoms with E-state index in [4.69, 9.17) is 9.40 Å². The van der Waals surface area contributed by atoms with Crippen molar-refractivity contribution in [2.75, 3.05) is 25.4 Å². The quantitative estimate of drug-likeness (QED) is 0.449. The molecule has 0 spiro atoms. The Morgan fingerprint density at radius 1 is 1.15 bits per heavy atom. The molecule has 1 aliphatic heterocycles. The van der Waals surface area contributed by atoms with Crippen LogP contribution in [0, 0.1) is 0 Å². The van der Waals surface area contributed by atoms with Crippen LogP contribution in [-0.2, 0) is 16.6 Å². The van der Waals surface area contributed by atoms with Gasteiger partial charge in [0.1, 0.15) is 12.3 Å². The van der Waals surface area contributed by atoms with Gasteiger partial charge < -0.3 is 9.73 Å². The minimum absolute atomic E-state index is 0.168. The Hall–Kier alpha value is -3.50. The lowest BCUT2D eigenvalue weighted by molar-refractivity contribution is 0.0953. The summed E-state index contributed by atoms with van der Waals surface area (Å²) in [6.07, 6.45) is 3.85. The molecule has 1 amide bonds. The number of aromatic nitrogens is 3. The van der Waals surface area contributed by atoms with Gasteiger partial charge in [0, 0.05) is 25.2 Å². The van der Waals surface area contributed by atoms with Crippen molar-refractivity contribution in [3.63, 3.8) is 0 Å². The van der Waals surface area contributed by atoms with Crippen LogP contribution in [-0.4, -0.2) is 58.8 Å². The maximum Gasteiger partial charge on any atom is 0.252 e. The highest BCUT2D eigenvalue weighted by Gasteiger charge is 2.27. The number of carbonyl (C=O) groups is 1. The van der Waals surface area contributed by atoms with Crippen molar-refractivity contribution in [2.24, 2.45) is 0 Å². The average molecular weight is 466 g/mol. The number of furan rings is 1. The fraction of sp³-hybridized carbons (Fsp3) is 0.261. The largest absolute Gasteiger partial charge is 0.467 e. The van der Waals surface area contributed by atoms with E-state index in [2.05, 4.69) is 10.4 Å². The molecule has 4 heterocycles. The van der Waals surface area contributed by atoms with E-state index in [1.54, 1.807) is 23.2 Å². The third-order valence-corrected chi connectivity index (χ3v) is 7.62. The van der Waals surface area contributed by atoms with E-state index < -0.39 is 10.0 Å². The van der Waals surface area contributed by atoms with Crippen molar-refractivity contribution >= 4 is 27.0 Å². The third-order valence-electron chi connectivity index (χ3n) is 5.66. The van der Waals surface area contributed by atoms with Crippen LogP contribution >= 0.6 is 0 Å². The van der Waals surface area contributed by atoms with Crippen molar-refractivity contribution < 1.29 is 17.6 Å². The maximum absolute atomic E-state index is 13.1. The van der Waals surface area contributed by atoms with Gasteiger partial charge in [-0.1, -0.05) is 30.3 Å². The van der Waals surface area contributed by atoms with Gasteiger partial charge in [0.15, 0.2) is 5.65 Å². The minimum atomic E-state index is -3.20. The Balaban J connectivity index is 1.46. The van der Waals surface area contributed by atoms with E-state index in [1.165, 1.54) is 4.31 Å². The lowest BCUT2D eigenvalue weighted by atomic mass is 10.1. The number of amides is 1. The van der Waals surface area contributed by atoms with Gasteiger partial charge in [-0.15, -0.1) is 0 Å². The number of nitrogens with one attached hydrogen (secondary N) is 1. The first-order valence-corrected chi connectivity index (χ1v) is 12.3. The highest BCUT2D eigenvalue weighted by atomic mass is 32.2. The molecule has 0 radical (unpaired) electrons. The van der Waals surface area contributed by atoms with Crippen molar-refractivity contribution in [1.82, 2.24) is 24.4 Å². The first-order chi connectivity index (χ1) is 16.0. The van der Waals surface area contributed by atoms with E-state index in [0.29, 0.717) is 41.8 Å². The second-order valence-corrected chi connectivity index (χ2v) is 9.95. The van der Waals surface area contributed by atoms with Gasteiger partial charge in [-0.2, -0.15) is 5.10 Å². The predicted octanol–water partition coefficient (Wildman–Crippen LogP) is 2.50. The molecule has 1 fully saturated rings. The average Bonchev–Trinajstić information content (AvgIpc) is 3.55. The topological polar surface area (TPSA) is 110 Å². The number of sulfonamides is 1. The van der Waals surface area contributed by atoms with Crippen LogP contribution in [0.4, 0.5) is 0 Å². The summed E-state index contributed by atoms with van der Waals surface area (Å²) in [5.74, 6) is 0.597. The van der Waals surface area contributed by atoms with Crippen LogP contribution < -0.4 is 5.32 Å². The Kier molecular flexibility index (Phi) is 5.69. The SMILES string of the molecule is O=C(NCCN1CCCS1(=O)=O)c1cc(-c2ccccc2)nc2c1cnn2Cc1ccco1. The first kappa shape index (κ1) is 21.4. The second kappa shape index (κ2) is 8.80. The van der Waals surface area contributed by atoms with E-state index in [0.717, 1.165) is 11.3 Å². The van der Waals surface area contributed by atoms with Gasteiger partial charge >= 0.3 is 0 Å². The van der Waals surface area contributed by atoms with Crippen LogP contribution in [0.1, 0.15) is 22.5 Å². The molecular formula is C23H23N5O4S. The summed E-state index contributed by atoms with van der Waals surface area (Å²) in [6.45, 7) is 1.36. The lowest BCUT2D eigenvalue weighted by Gasteiger charge is -2.15. The number of pyridine rings is 1. The lowest BCUT2D eigenvalue weighted by Crippen LogP contribution is -2.36. The first-order valence-electron chi connectivity index (χ1n) is 10.7. The molecule has 33 heavy (non-hydrogen) atoms. The van der Waals surface area contributed by atoms with Gasteiger partial charge in [-0.25, -0.2) is 22.4 Å². The van der Waals surface area contributed by atoms with Gasteiger partial charge in [-0.3, -0.25) is 4.79 Å². The van der Waals surface area contributed by atoms with Crippen molar-refractivity contribution in [2.45, 2.75) is 13.0 Å². The minimum Gasteiger partial charge on any atom is -0.467 e. The highest BCUT2D eigenvalue weighted by Crippen LogP contribution is 2.25. The van der Waals surface area contributed by atoms with Crippen LogP contribution in [0.5, 0.6) is 0 Å². The molecule has 0 bridgehead atoms. The predicted molar refractivity (Wildman–Crippen MR) is 123 cm³/mol. The van der Waals surface area contributed by atoms with E-state index >= 15 is 0 Å². The molecule has 10 heteroatoms. The smallest absolute Gasteiger partial charge is 0.252 e. The molecule has 1 aliphatic rings. The maximum atomic E-state index is 13.1. The molecule has 9 nitrogen and oxygen atoms in total. The molecule has 0 aliphatic carbocycles. The number of nitrogens with zero attached hydrogens (tertiary/aromatic N) is 4. The van der Waals surface area contributed by atoms with Crippen LogP contribution in [0.3, 0.4) is 0 Å². The number of benzene rings is 1. The molecule has 1 saturated heterocycles. The fourth-order valence-corrected chi connectivity index (χ4v) is 5.52. The van der Waals surface area contributed by atoms with Crippen LogP contribution in [0.25, 0.3) is 22.3 Å². The van der Waals surface area contributed by atoms with Crippen molar-refractivity contribution in [1.29, 1.82) is 0 Å². The van der Waals surface area contributed by atoms with E-state index in [-0.39, 0.29) is 24.7 Å². The molecule has 1 aromatic carbocycles.